The quantitative estimate of drug-likeness (QED) is 0.924. The van der Waals surface area contributed by atoms with Gasteiger partial charge in [0, 0.05) is 6.04 Å². The normalized spacial score (nSPS) is 33.1. The van der Waals surface area contributed by atoms with Gasteiger partial charge in [-0.1, -0.05) is 51.1 Å². The van der Waals surface area contributed by atoms with E-state index in [2.05, 4.69) is 31.0 Å². The van der Waals surface area contributed by atoms with E-state index in [1.807, 2.05) is 30.3 Å². The topological polar surface area (TPSA) is 32.3 Å². The summed E-state index contributed by atoms with van der Waals surface area (Å²) in [6.45, 7) is 6.69. The molecular weight excluding hydrogens is 260 g/mol. The number of nitrogens with one attached hydrogen (secondary N) is 1. The van der Waals surface area contributed by atoms with Crippen LogP contribution in [0.2, 0.25) is 0 Å². The molecule has 1 N–H and O–H groups in total. The third-order valence-electron chi connectivity index (χ3n) is 4.96. The molecule has 3 rings (SSSR count). The highest BCUT2D eigenvalue weighted by Gasteiger charge is 2.45. The molecule has 4 atom stereocenters. The first kappa shape index (κ1) is 14.6. The largest absolute Gasteiger partial charge is 0.322 e. The van der Waals surface area contributed by atoms with Gasteiger partial charge in [-0.05, 0) is 36.7 Å². The van der Waals surface area contributed by atoms with Crippen molar-refractivity contribution < 1.29 is 4.79 Å². The Bertz CT molecular complexity index is 499. The molecule has 0 aromatic heterocycles. The van der Waals surface area contributed by atoms with Crippen LogP contribution in [-0.4, -0.2) is 23.0 Å². The zero-order valence-electron chi connectivity index (χ0n) is 13.3. The molecule has 1 aliphatic carbocycles. The minimum atomic E-state index is -0.172. The van der Waals surface area contributed by atoms with E-state index in [1.54, 1.807) is 0 Å². The van der Waals surface area contributed by atoms with Crippen molar-refractivity contribution in [1.82, 2.24) is 10.2 Å². The van der Waals surface area contributed by atoms with E-state index in [0.29, 0.717) is 12.0 Å². The van der Waals surface area contributed by atoms with E-state index >= 15 is 0 Å². The number of rotatable bonds is 3. The van der Waals surface area contributed by atoms with Gasteiger partial charge in [-0.3, -0.25) is 10.1 Å². The summed E-state index contributed by atoms with van der Waals surface area (Å²) in [5.74, 6) is 1.43. The molecule has 2 fully saturated rings. The Morgan fingerprint density at radius 1 is 1.19 bits per heavy atom. The van der Waals surface area contributed by atoms with Crippen molar-refractivity contribution in [3.8, 4) is 0 Å². The average Bonchev–Trinajstić information content (AvgIpc) is 3.03. The Kier molecular flexibility index (Phi) is 4.03. The van der Waals surface area contributed by atoms with Crippen molar-refractivity contribution in [2.24, 2.45) is 11.8 Å². The molecule has 0 spiro atoms. The van der Waals surface area contributed by atoms with Crippen LogP contribution < -0.4 is 5.32 Å². The van der Waals surface area contributed by atoms with Gasteiger partial charge in [0.1, 0.15) is 6.04 Å². The fraction of sp³-hybridized carbons (Fsp3) is 0.611. The maximum atomic E-state index is 13.0. The Labute approximate surface area is 127 Å². The lowest BCUT2D eigenvalue weighted by molar-refractivity contribution is -0.132. The maximum absolute atomic E-state index is 13.0. The fourth-order valence-electron chi connectivity index (χ4n) is 3.84. The van der Waals surface area contributed by atoms with Crippen molar-refractivity contribution in [1.29, 1.82) is 0 Å². The summed E-state index contributed by atoms with van der Waals surface area (Å²) in [5, 5.41) is 3.57. The van der Waals surface area contributed by atoms with Crippen molar-refractivity contribution in [2.45, 2.75) is 58.3 Å². The molecule has 3 heteroatoms. The second kappa shape index (κ2) is 5.80. The first-order valence-corrected chi connectivity index (χ1v) is 8.21. The van der Waals surface area contributed by atoms with Crippen LogP contribution in [0.25, 0.3) is 0 Å². The third-order valence-corrected chi connectivity index (χ3v) is 4.96. The minimum absolute atomic E-state index is 0.165. The zero-order chi connectivity index (χ0) is 15.0. The second-order valence-electron chi connectivity index (χ2n) is 7.02. The summed E-state index contributed by atoms with van der Waals surface area (Å²) in [4.78, 5) is 15.1. The Morgan fingerprint density at radius 2 is 1.90 bits per heavy atom. The lowest BCUT2D eigenvalue weighted by Crippen LogP contribution is -2.46. The molecule has 114 valence electrons. The predicted molar refractivity (Wildman–Crippen MR) is 84.6 cm³/mol. The molecule has 3 nitrogen and oxygen atoms in total. The first-order valence-electron chi connectivity index (χ1n) is 8.21. The van der Waals surface area contributed by atoms with Gasteiger partial charge in [0.25, 0.3) is 0 Å². The predicted octanol–water partition coefficient (Wildman–Crippen LogP) is 3.33. The third kappa shape index (κ3) is 2.71. The van der Waals surface area contributed by atoms with Crippen molar-refractivity contribution >= 4 is 5.91 Å². The number of nitrogens with zero attached hydrogens (tertiary/aromatic N) is 1. The minimum Gasteiger partial charge on any atom is -0.322 e. The van der Waals surface area contributed by atoms with Gasteiger partial charge in [-0.2, -0.15) is 0 Å². The van der Waals surface area contributed by atoms with Gasteiger partial charge in [0.05, 0.1) is 6.17 Å². The number of carbonyl (C=O) groups is 1. The van der Waals surface area contributed by atoms with Crippen LogP contribution in [0.4, 0.5) is 0 Å². The van der Waals surface area contributed by atoms with Crippen LogP contribution in [0, 0.1) is 11.8 Å². The van der Waals surface area contributed by atoms with Gasteiger partial charge in [-0.15, -0.1) is 0 Å². The van der Waals surface area contributed by atoms with E-state index in [9.17, 15) is 4.79 Å². The highest BCUT2D eigenvalue weighted by molar-refractivity contribution is 5.86. The van der Waals surface area contributed by atoms with Gasteiger partial charge >= 0.3 is 0 Å². The highest BCUT2D eigenvalue weighted by Crippen LogP contribution is 2.36. The molecule has 1 heterocycles. The van der Waals surface area contributed by atoms with Gasteiger partial charge in [-0.25, -0.2) is 0 Å². The number of hydrogen-bond donors (Lipinski definition) is 1. The van der Waals surface area contributed by atoms with Crippen molar-refractivity contribution in [3.05, 3.63) is 35.9 Å². The summed E-state index contributed by atoms with van der Waals surface area (Å²) in [6, 6.07) is 10.4. The molecule has 2 aliphatic rings. The van der Waals surface area contributed by atoms with E-state index in [0.717, 1.165) is 24.3 Å². The number of hydrogen-bond acceptors (Lipinski definition) is 2. The van der Waals surface area contributed by atoms with Crippen LogP contribution in [0.1, 0.15) is 51.6 Å². The summed E-state index contributed by atoms with van der Waals surface area (Å²) < 4.78 is 0. The molecule has 4 unspecified atom stereocenters. The van der Waals surface area contributed by atoms with Crippen molar-refractivity contribution in [2.75, 3.05) is 0 Å². The van der Waals surface area contributed by atoms with Crippen LogP contribution in [0.5, 0.6) is 0 Å². The summed E-state index contributed by atoms with van der Waals surface area (Å²) >= 11 is 0. The maximum Gasteiger partial charge on any atom is 0.245 e. The molecule has 1 aromatic carbocycles. The molecular formula is C18H26N2O. The molecule has 1 aromatic rings. The van der Waals surface area contributed by atoms with E-state index < -0.39 is 0 Å². The summed E-state index contributed by atoms with van der Waals surface area (Å²) in [7, 11) is 0. The monoisotopic (exact) mass is 286 g/mol. The molecule has 0 bridgehead atoms. The number of benzene rings is 1. The van der Waals surface area contributed by atoms with E-state index in [-0.39, 0.29) is 18.1 Å². The Morgan fingerprint density at radius 3 is 2.48 bits per heavy atom. The average molecular weight is 286 g/mol. The van der Waals surface area contributed by atoms with Crippen LogP contribution in [0.15, 0.2) is 30.3 Å². The van der Waals surface area contributed by atoms with Gasteiger partial charge in [0.15, 0.2) is 0 Å². The molecule has 1 aliphatic heterocycles. The van der Waals surface area contributed by atoms with Gasteiger partial charge in [0.2, 0.25) is 5.91 Å². The van der Waals surface area contributed by atoms with Crippen LogP contribution in [0.3, 0.4) is 0 Å². The molecule has 1 saturated heterocycles. The molecule has 0 radical (unpaired) electrons. The SMILES string of the molecule is CC1CCC(N2C(=O)C(c3ccccc3)NC2C(C)C)C1. The first-order chi connectivity index (χ1) is 10.1. The lowest BCUT2D eigenvalue weighted by Gasteiger charge is -2.32. The number of amides is 1. The molecule has 21 heavy (non-hydrogen) atoms. The Hall–Kier alpha value is -1.35. The smallest absolute Gasteiger partial charge is 0.245 e. The lowest BCUT2D eigenvalue weighted by atomic mass is 10.1. The Balaban J connectivity index is 1.86. The second-order valence-corrected chi connectivity index (χ2v) is 7.02. The zero-order valence-corrected chi connectivity index (χ0v) is 13.3. The van der Waals surface area contributed by atoms with Crippen LogP contribution >= 0.6 is 0 Å². The fourth-order valence-corrected chi connectivity index (χ4v) is 3.84. The standard InChI is InChI=1S/C18H26N2O/c1-12(2)17-19-16(14-7-5-4-6-8-14)18(21)20(17)15-10-9-13(3)11-15/h4-8,12-13,15-17,19H,9-11H2,1-3H3. The van der Waals surface area contributed by atoms with E-state index in [4.69, 9.17) is 0 Å². The number of carbonyl (C=O) groups excluding carboxylic acids is 1. The van der Waals surface area contributed by atoms with Crippen molar-refractivity contribution in [3.63, 3.8) is 0 Å². The summed E-state index contributed by atoms with van der Waals surface area (Å²) in [6.07, 6.45) is 3.71. The molecule has 1 amide bonds. The van der Waals surface area contributed by atoms with Crippen LogP contribution in [-0.2, 0) is 4.79 Å². The summed E-state index contributed by atoms with van der Waals surface area (Å²) in [5.41, 5.74) is 1.08. The molecule has 1 saturated carbocycles. The van der Waals surface area contributed by atoms with Gasteiger partial charge < -0.3 is 4.90 Å². The van der Waals surface area contributed by atoms with E-state index in [1.165, 1.54) is 6.42 Å². The highest BCUT2D eigenvalue weighted by atomic mass is 16.2.